The van der Waals surface area contributed by atoms with E-state index >= 15 is 0 Å². The highest BCUT2D eigenvalue weighted by Crippen LogP contribution is 2.38. The first kappa shape index (κ1) is 11.3. The molecule has 0 saturated carbocycles. The summed E-state index contributed by atoms with van der Waals surface area (Å²) >= 11 is 0. The van der Waals surface area contributed by atoms with Gasteiger partial charge in [0.1, 0.15) is 17.2 Å². The van der Waals surface area contributed by atoms with E-state index in [2.05, 4.69) is 0 Å². The SMILES string of the molecule is C[C@@H]1Cc2cc(C(=O)O)c(O)c(O)c2C(=O)O1. The molecule has 1 aromatic rings. The van der Waals surface area contributed by atoms with Gasteiger partial charge in [0.15, 0.2) is 11.5 Å². The molecule has 1 aromatic carbocycles. The lowest BCUT2D eigenvalue weighted by Gasteiger charge is -2.23. The first-order valence-electron chi connectivity index (χ1n) is 4.94. The molecule has 3 N–H and O–H groups in total. The van der Waals surface area contributed by atoms with Crippen LogP contribution in [0.1, 0.15) is 33.2 Å². The number of carbonyl (C=O) groups excluding carboxylic acids is 1. The monoisotopic (exact) mass is 238 g/mol. The molecule has 0 bridgehead atoms. The Labute approximate surface area is 96.1 Å². The van der Waals surface area contributed by atoms with Gasteiger partial charge in [-0.3, -0.25) is 0 Å². The number of fused-ring (bicyclic) bond motifs is 1. The smallest absolute Gasteiger partial charge is 0.342 e. The molecule has 17 heavy (non-hydrogen) atoms. The van der Waals surface area contributed by atoms with Crippen molar-refractivity contribution in [2.24, 2.45) is 0 Å². The van der Waals surface area contributed by atoms with Crippen LogP contribution in [-0.4, -0.2) is 33.4 Å². The van der Waals surface area contributed by atoms with Crippen LogP contribution in [0.3, 0.4) is 0 Å². The van der Waals surface area contributed by atoms with E-state index < -0.39 is 29.0 Å². The van der Waals surface area contributed by atoms with Crippen LogP contribution in [0.25, 0.3) is 0 Å². The quantitative estimate of drug-likeness (QED) is 0.496. The van der Waals surface area contributed by atoms with Crippen molar-refractivity contribution in [3.63, 3.8) is 0 Å². The summed E-state index contributed by atoms with van der Waals surface area (Å²) in [6.07, 6.45) is -0.0876. The highest BCUT2D eigenvalue weighted by molar-refractivity contribution is 6.00. The number of aromatic hydroxyl groups is 2. The van der Waals surface area contributed by atoms with Gasteiger partial charge in [-0.15, -0.1) is 0 Å². The number of carboxylic acids is 1. The van der Waals surface area contributed by atoms with Crippen molar-refractivity contribution in [3.8, 4) is 11.5 Å². The fourth-order valence-electron chi connectivity index (χ4n) is 1.86. The van der Waals surface area contributed by atoms with Crippen LogP contribution in [0.4, 0.5) is 0 Å². The highest BCUT2D eigenvalue weighted by Gasteiger charge is 2.31. The van der Waals surface area contributed by atoms with Gasteiger partial charge < -0.3 is 20.1 Å². The molecule has 1 aliphatic heterocycles. The Morgan fingerprint density at radius 3 is 2.65 bits per heavy atom. The number of rotatable bonds is 1. The molecule has 1 atom stereocenters. The Morgan fingerprint density at radius 1 is 1.41 bits per heavy atom. The van der Waals surface area contributed by atoms with Crippen LogP contribution in [-0.2, 0) is 11.2 Å². The molecule has 0 aliphatic carbocycles. The van der Waals surface area contributed by atoms with E-state index in [0.717, 1.165) is 0 Å². The maximum absolute atomic E-state index is 11.5. The van der Waals surface area contributed by atoms with Crippen molar-refractivity contribution >= 4 is 11.9 Å². The Morgan fingerprint density at radius 2 is 2.06 bits per heavy atom. The third-order valence-electron chi connectivity index (χ3n) is 2.61. The lowest BCUT2D eigenvalue weighted by Crippen LogP contribution is -2.25. The maximum Gasteiger partial charge on any atom is 0.342 e. The topological polar surface area (TPSA) is 104 Å². The molecule has 2 rings (SSSR count). The largest absolute Gasteiger partial charge is 0.504 e. The number of ether oxygens (including phenoxy) is 1. The Balaban J connectivity index is 2.69. The number of benzene rings is 1. The molecule has 6 nitrogen and oxygen atoms in total. The molecule has 90 valence electrons. The number of phenolic OH excluding ortho intramolecular Hbond substituents is 1. The van der Waals surface area contributed by atoms with E-state index in [1.54, 1.807) is 6.92 Å². The zero-order chi connectivity index (χ0) is 12.7. The van der Waals surface area contributed by atoms with Crippen molar-refractivity contribution in [2.45, 2.75) is 19.4 Å². The number of phenols is 2. The van der Waals surface area contributed by atoms with Gasteiger partial charge in [-0.05, 0) is 18.6 Å². The van der Waals surface area contributed by atoms with Crippen LogP contribution in [0.5, 0.6) is 11.5 Å². The van der Waals surface area contributed by atoms with Crippen molar-refractivity contribution in [1.82, 2.24) is 0 Å². The summed E-state index contributed by atoms with van der Waals surface area (Å²) in [5, 5.41) is 27.9. The zero-order valence-electron chi connectivity index (χ0n) is 8.93. The number of cyclic esters (lactones) is 1. The average molecular weight is 238 g/mol. The predicted molar refractivity (Wildman–Crippen MR) is 55.3 cm³/mol. The van der Waals surface area contributed by atoms with Crippen molar-refractivity contribution in [1.29, 1.82) is 0 Å². The second-order valence-electron chi connectivity index (χ2n) is 3.88. The Kier molecular flexibility index (Phi) is 2.42. The van der Waals surface area contributed by atoms with Crippen LogP contribution in [0, 0.1) is 0 Å². The molecule has 0 aromatic heterocycles. The zero-order valence-corrected chi connectivity index (χ0v) is 8.93. The number of aromatic carboxylic acids is 1. The highest BCUT2D eigenvalue weighted by atomic mass is 16.5. The van der Waals surface area contributed by atoms with E-state index in [-0.39, 0.29) is 11.7 Å². The average Bonchev–Trinajstić information content (AvgIpc) is 2.21. The van der Waals surface area contributed by atoms with Gasteiger partial charge in [0, 0.05) is 6.42 Å². The third-order valence-corrected chi connectivity index (χ3v) is 2.61. The Hall–Kier alpha value is -2.24. The first-order chi connectivity index (χ1) is 7.91. The van der Waals surface area contributed by atoms with Crippen molar-refractivity contribution < 1.29 is 29.6 Å². The van der Waals surface area contributed by atoms with Gasteiger partial charge in [0.05, 0.1) is 0 Å². The van der Waals surface area contributed by atoms with Gasteiger partial charge in [0.25, 0.3) is 0 Å². The number of carboxylic acid groups (broad SMARTS) is 1. The van der Waals surface area contributed by atoms with Gasteiger partial charge in [-0.1, -0.05) is 0 Å². The van der Waals surface area contributed by atoms with Crippen molar-refractivity contribution in [3.05, 3.63) is 22.8 Å². The molecule has 1 aliphatic rings. The number of hydrogen-bond acceptors (Lipinski definition) is 5. The molecular formula is C11H10O6. The van der Waals surface area contributed by atoms with Gasteiger partial charge >= 0.3 is 11.9 Å². The number of hydrogen-bond donors (Lipinski definition) is 3. The first-order valence-corrected chi connectivity index (χ1v) is 4.94. The summed E-state index contributed by atoms with van der Waals surface area (Å²) in [6.45, 7) is 1.66. The molecule has 6 heteroatoms. The standard InChI is InChI=1S/C11H10O6/c1-4-2-5-3-6(10(14)15)8(12)9(13)7(5)11(16)17-4/h3-4,12-13H,2H2,1H3,(H,14,15)/t4-/m1/s1. The minimum absolute atomic E-state index is 0.161. The van der Waals surface area contributed by atoms with Gasteiger partial charge in [-0.25, -0.2) is 9.59 Å². The normalized spacial score (nSPS) is 18.4. The molecule has 0 saturated heterocycles. The van der Waals surface area contributed by atoms with E-state index in [4.69, 9.17) is 9.84 Å². The molecule has 0 unspecified atom stereocenters. The summed E-state index contributed by atoms with van der Waals surface area (Å²) in [5.41, 5.74) is -0.227. The third kappa shape index (κ3) is 1.67. The van der Waals surface area contributed by atoms with Crippen LogP contribution in [0.2, 0.25) is 0 Å². The molecule has 0 radical (unpaired) electrons. The summed E-state index contributed by atoms with van der Waals surface area (Å²) in [5.74, 6) is -3.68. The lowest BCUT2D eigenvalue weighted by molar-refractivity contribution is 0.0294. The van der Waals surface area contributed by atoms with Crippen LogP contribution >= 0.6 is 0 Å². The van der Waals surface area contributed by atoms with E-state index in [1.807, 2.05) is 0 Å². The molecular weight excluding hydrogens is 228 g/mol. The lowest BCUT2D eigenvalue weighted by atomic mass is 9.95. The van der Waals surface area contributed by atoms with E-state index in [0.29, 0.717) is 12.0 Å². The minimum atomic E-state index is -1.37. The number of carbonyl (C=O) groups is 2. The molecule has 0 spiro atoms. The summed E-state index contributed by atoms with van der Waals surface area (Å²) in [7, 11) is 0. The maximum atomic E-state index is 11.5. The minimum Gasteiger partial charge on any atom is -0.504 e. The second-order valence-corrected chi connectivity index (χ2v) is 3.88. The molecule has 0 amide bonds. The van der Waals surface area contributed by atoms with Crippen molar-refractivity contribution in [2.75, 3.05) is 0 Å². The van der Waals surface area contributed by atoms with E-state index in [1.165, 1.54) is 6.07 Å². The summed E-state index contributed by atoms with van der Waals surface area (Å²) in [4.78, 5) is 22.3. The van der Waals surface area contributed by atoms with Gasteiger partial charge in [0.2, 0.25) is 0 Å². The molecule has 1 heterocycles. The summed E-state index contributed by atoms with van der Waals surface area (Å²) in [6, 6.07) is 1.18. The number of esters is 1. The van der Waals surface area contributed by atoms with Crippen LogP contribution < -0.4 is 0 Å². The van der Waals surface area contributed by atoms with Crippen LogP contribution in [0.15, 0.2) is 6.07 Å². The van der Waals surface area contributed by atoms with E-state index in [9.17, 15) is 19.8 Å². The fraction of sp³-hybridized carbons (Fsp3) is 0.273. The predicted octanol–water partition coefficient (Wildman–Crippen LogP) is 0.897. The Bertz CT molecular complexity index is 519. The summed E-state index contributed by atoms with van der Waals surface area (Å²) < 4.78 is 4.89. The van der Waals surface area contributed by atoms with Gasteiger partial charge in [-0.2, -0.15) is 0 Å². The molecule has 0 fully saturated rings. The second kappa shape index (κ2) is 3.65. The fourth-order valence-corrected chi connectivity index (χ4v) is 1.86.